The number of carbonyl (C=O) groups excluding carboxylic acids is 1. The van der Waals surface area contributed by atoms with Crippen LogP contribution in [-0.2, 0) is 4.79 Å². The summed E-state index contributed by atoms with van der Waals surface area (Å²) >= 11 is 0. The van der Waals surface area contributed by atoms with E-state index in [1.807, 2.05) is 58.0 Å². The lowest BCUT2D eigenvalue weighted by atomic mass is 10.1. The molecule has 0 heterocycles. The summed E-state index contributed by atoms with van der Waals surface area (Å²) in [6, 6.07) is 6.03. The van der Waals surface area contributed by atoms with Gasteiger partial charge in [0.1, 0.15) is 5.75 Å². The normalized spacial score (nSPS) is 12.3. The van der Waals surface area contributed by atoms with Crippen molar-refractivity contribution in [2.24, 2.45) is 0 Å². The number of carbonyl (C=O) groups is 1. The molecule has 1 N–H and O–H groups in total. The molecule has 0 bridgehead atoms. The van der Waals surface area contributed by atoms with Crippen LogP contribution in [-0.4, -0.2) is 44.1 Å². The van der Waals surface area contributed by atoms with Gasteiger partial charge in [-0.25, -0.2) is 0 Å². The minimum atomic E-state index is -0.433. The van der Waals surface area contributed by atoms with Gasteiger partial charge in [-0.3, -0.25) is 4.79 Å². The van der Waals surface area contributed by atoms with Crippen molar-refractivity contribution in [3.05, 3.63) is 29.3 Å². The minimum absolute atomic E-state index is 0.0461. The maximum absolute atomic E-state index is 12.1. The highest BCUT2D eigenvalue weighted by Gasteiger charge is 2.18. The SMILES string of the molecule is CC[C@H](Oc1cc(C)ccc1C)C(=O)NCCN(C)C. The fourth-order valence-electron chi connectivity index (χ4n) is 1.83. The van der Waals surface area contributed by atoms with Crippen LogP contribution in [0.4, 0.5) is 0 Å². The molecule has 0 saturated heterocycles. The lowest BCUT2D eigenvalue weighted by Crippen LogP contribution is -2.40. The van der Waals surface area contributed by atoms with E-state index in [9.17, 15) is 4.79 Å². The smallest absolute Gasteiger partial charge is 0.261 e. The zero-order chi connectivity index (χ0) is 15.1. The first kappa shape index (κ1) is 16.5. The molecule has 1 rings (SSSR count). The number of nitrogens with one attached hydrogen (secondary N) is 1. The van der Waals surface area contributed by atoms with E-state index in [1.165, 1.54) is 0 Å². The second kappa shape index (κ2) is 7.90. The fourth-order valence-corrected chi connectivity index (χ4v) is 1.83. The molecule has 0 aliphatic carbocycles. The van der Waals surface area contributed by atoms with Crippen molar-refractivity contribution in [2.75, 3.05) is 27.2 Å². The van der Waals surface area contributed by atoms with Gasteiger partial charge in [0.2, 0.25) is 0 Å². The van der Waals surface area contributed by atoms with Crippen LogP contribution in [0.15, 0.2) is 18.2 Å². The van der Waals surface area contributed by atoms with E-state index in [0.717, 1.165) is 23.4 Å². The topological polar surface area (TPSA) is 41.6 Å². The Labute approximate surface area is 122 Å². The Bertz CT molecular complexity index is 444. The molecule has 1 aromatic carbocycles. The van der Waals surface area contributed by atoms with Gasteiger partial charge in [-0.15, -0.1) is 0 Å². The molecule has 1 aromatic rings. The third-order valence-electron chi connectivity index (χ3n) is 3.13. The van der Waals surface area contributed by atoms with E-state index in [1.54, 1.807) is 0 Å². The molecule has 0 aliphatic heterocycles. The molecule has 0 fully saturated rings. The van der Waals surface area contributed by atoms with E-state index >= 15 is 0 Å². The van der Waals surface area contributed by atoms with Gasteiger partial charge < -0.3 is 15.0 Å². The van der Waals surface area contributed by atoms with Gasteiger partial charge >= 0.3 is 0 Å². The Hall–Kier alpha value is -1.55. The number of aryl methyl sites for hydroxylation is 2. The Morgan fingerprint density at radius 2 is 2.05 bits per heavy atom. The molecule has 112 valence electrons. The van der Waals surface area contributed by atoms with E-state index in [2.05, 4.69) is 5.32 Å². The van der Waals surface area contributed by atoms with Gasteiger partial charge in [0, 0.05) is 13.1 Å². The third kappa shape index (κ3) is 5.21. The number of benzene rings is 1. The molecule has 1 atom stereocenters. The molecule has 0 radical (unpaired) electrons. The summed E-state index contributed by atoms with van der Waals surface area (Å²) in [5.74, 6) is 0.745. The first-order valence-corrected chi connectivity index (χ1v) is 7.10. The van der Waals surface area contributed by atoms with E-state index in [4.69, 9.17) is 4.74 Å². The maximum atomic E-state index is 12.1. The summed E-state index contributed by atoms with van der Waals surface area (Å²) in [5, 5.41) is 2.91. The largest absolute Gasteiger partial charge is 0.480 e. The first-order valence-electron chi connectivity index (χ1n) is 7.10. The predicted octanol–water partition coefficient (Wildman–Crippen LogP) is 2.14. The van der Waals surface area contributed by atoms with Gasteiger partial charge in [0.05, 0.1) is 0 Å². The van der Waals surface area contributed by atoms with Crippen molar-refractivity contribution in [2.45, 2.75) is 33.3 Å². The van der Waals surface area contributed by atoms with E-state index < -0.39 is 6.10 Å². The van der Waals surface area contributed by atoms with Crippen LogP contribution in [0.25, 0.3) is 0 Å². The second-order valence-corrected chi connectivity index (χ2v) is 5.38. The van der Waals surface area contributed by atoms with Crippen molar-refractivity contribution in [3.8, 4) is 5.75 Å². The molecule has 0 spiro atoms. The number of nitrogens with zero attached hydrogens (tertiary/aromatic N) is 1. The van der Waals surface area contributed by atoms with Gasteiger partial charge in [0.25, 0.3) is 5.91 Å². The van der Waals surface area contributed by atoms with Crippen LogP contribution < -0.4 is 10.1 Å². The summed E-state index contributed by atoms with van der Waals surface area (Å²) in [6.45, 7) is 7.43. The van der Waals surface area contributed by atoms with E-state index in [0.29, 0.717) is 13.0 Å². The van der Waals surface area contributed by atoms with Gasteiger partial charge in [-0.05, 0) is 51.6 Å². The highest BCUT2D eigenvalue weighted by molar-refractivity contribution is 5.81. The molecule has 4 heteroatoms. The van der Waals surface area contributed by atoms with Crippen LogP contribution >= 0.6 is 0 Å². The Balaban J connectivity index is 2.62. The number of hydrogen-bond acceptors (Lipinski definition) is 3. The number of ether oxygens (including phenoxy) is 1. The lowest BCUT2D eigenvalue weighted by Gasteiger charge is -2.19. The zero-order valence-corrected chi connectivity index (χ0v) is 13.2. The summed E-state index contributed by atoms with van der Waals surface area (Å²) in [5.41, 5.74) is 2.18. The molecular formula is C16H26N2O2. The van der Waals surface area contributed by atoms with Gasteiger partial charge in [-0.1, -0.05) is 19.1 Å². The molecule has 0 aliphatic rings. The first-order chi connectivity index (χ1) is 9.43. The Morgan fingerprint density at radius 1 is 1.35 bits per heavy atom. The van der Waals surface area contributed by atoms with Crippen molar-refractivity contribution in [1.82, 2.24) is 10.2 Å². The zero-order valence-electron chi connectivity index (χ0n) is 13.2. The van der Waals surface area contributed by atoms with Gasteiger partial charge in [-0.2, -0.15) is 0 Å². The molecule has 0 saturated carbocycles. The average molecular weight is 278 g/mol. The highest BCUT2D eigenvalue weighted by Crippen LogP contribution is 2.21. The summed E-state index contributed by atoms with van der Waals surface area (Å²) in [6.07, 6.45) is 0.221. The molecule has 0 aromatic heterocycles. The summed E-state index contributed by atoms with van der Waals surface area (Å²) in [7, 11) is 3.96. The van der Waals surface area contributed by atoms with Crippen molar-refractivity contribution in [3.63, 3.8) is 0 Å². The monoisotopic (exact) mass is 278 g/mol. The van der Waals surface area contributed by atoms with Crippen LogP contribution in [0.1, 0.15) is 24.5 Å². The number of likely N-dealkylation sites (N-methyl/N-ethyl adjacent to an activating group) is 1. The van der Waals surface area contributed by atoms with Crippen LogP contribution in [0.3, 0.4) is 0 Å². The molecule has 4 nitrogen and oxygen atoms in total. The quantitative estimate of drug-likeness (QED) is 0.831. The van der Waals surface area contributed by atoms with Crippen molar-refractivity contribution >= 4 is 5.91 Å². The fraction of sp³-hybridized carbons (Fsp3) is 0.562. The Morgan fingerprint density at radius 3 is 2.65 bits per heavy atom. The summed E-state index contributed by atoms with van der Waals surface area (Å²) < 4.78 is 5.87. The Kier molecular flexibility index (Phi) is 6.52. The van der Waals surface area contributed by atoms with Crippen LogP contribution in [0, 0.1) is 13.8 Å². The third-order valence-corrected chi connectivity index (χ3v) is 3.13. The van der Waals surface area contributed by atoms with Crippen LogP contribution in [0.5, 0.6) is 5.75 Å². The van der Waals surface area contributed by atoms with Crippen LogP contribution in [0.2, 0.25) is 0 Å². The molecule has 0 unspecified atom stereocenters. The molecule has 20 heavy (non-hydrogen) atoms. The van der Waals surface area contributed by atoms with Crippen molar-refractivity contribution in [1.29, 1.82) is 0 Å². The minimum Gasteiger partial charge on any atom is -0.480 e. The van der Waals surface area contributed by atoms with E-state index in [-0.39, 0.29) is 5.91 Å². The average Bonchev–Trinajstić information content (AvgIpc) is 2.39. The van der Waals surface area contributed by atoms with Gasteiger partial charge in [0.15, 0.2) is 6.10 Å². The predicted molar refractivity (Wildman–Crippen MR) is 82.2 cm³/mol. The second-order valence-electron chi connectivity index (χ2n) is 5.38. The standard InChI is InChI=1S/C16H26N2O2/c1-6-14(16(19)17-9-10-18(4)5)20-15-11-12(2)7-8-13(15)3/h7-8,11,14H,6,9-10H2,1-5H3,(H,17,19)/t14-/m0/s1. The molecular weight excluding hydrogens is 252 g/mol. The van der Waals surface area contributed by atoms with Crippen molar-refractivity contribution < 1.29 is 9.53 Å². The maximum Gasteiger partial charge on any atom is 0.261 e. The number of rotatable bonds is 7. The number of amides is 1. The summed E-state index contributed by atoms with van der Waals surface area (Å²) in [4.78, 5) is 14.1. The highest BCUT2D eigenvalue weighted by atomic mass is 16.5. The number of hydrogen-bond donors (Lipinski definition) is 1. The molecule has 1 amide bonds. The lowest BCUT2D eigenvalue weighted by molar-refractivity contribution is -0.128.